The second kappa shape index (κ2) is 6.25. The fourth-order valence-electron chi connectivity index (χ4n) is 2.85. The third-order valence-corrected chi connectivity index (χ3v) is 4.06. The van der Waals surface area contributed by atoms with Crippen molar-refractivity contribution >= 4 is 11.2 Å². The van der Waals surface area contributed by atoms with E-state index >= 15 is 0 Å². The van der Waals surface area contributed by atoms with Gasteiger partial charge in [0.15, 0.2) is 11.2 Å². The summed E-state index contributed by atoms with van der Waals surface area (Å²) in [6.45, 7) is 1.46. The molecule has 0 atom stereocenters. The lowest BCUT2D eigenvalue weighted by atomic mass is 10.1. The van der Waals surface area contributed by atoms with Gasteiger partial charge in [0.05, 0.1) is 5.69 Å². The van der Waals surface area contributed by atoms with Crippen molar-refractivity contribution in [2.75, 3.05) is 0 Å². The molecular weight excluding hydrogens is 373 g/mol. The van der Waals surface area contributed by atoms with Crippen LogP contribution in [-0.4, -0.2) is 29.7 Å². The molecule has 10 heteroatoms. The monoisotopic (exact) mass is 386 g/mol. The van der Waals surface area contributed by atoms with Crippen molar-refractivity contribution < 1.29 is 13.2 Å². The number of nitrogens with one attached hydrogen (secondary N) is 1. The minimum Gasteiger partial charge on any atom is -0.345 e. The molecule has 0 aliphatic rings. The lowest BCUT2D eigenvalue weighted by Crippen LogP contribution is -2.10. The van der Waals surface area contributed by atoms with E-state index in [9.17, 15) is 18.0 Å². The minimum absolute atomic E-state index is 0.0280. The molecule has 0 amide bonds. The number of rotatable bonds is 2. The Bertz CT molecular complexity index is 1260. The number of H-pyrrole nitrogens is 1. The molecule has 0 fully saturated rings. The van der Waals surface area contributed by atoms with Gasteiger partial charge in [0.1, 0.15) is 17.1 Å². The quantitative estimate of drug-likeness (QED) is 0.572. The SMILES string of the molecule is Cc1cc(-c2nc3c(=O)cc[nH]c3nc2-c2ccn(C)n2)cc(C(F)(F)F)n1. The van der Waals surface area contributed by atoms with Crippen LogP contribution in [-0.2, 0) is 13.2 Å². The van der Waals surface area contributed by atoms with Gasteiger partial charge < -0.3 is 4.98 Å². The maximum absolute atomic E-state index is 13.2. The van der Waals surface area contributed by atoms with Crippen LogP contribution < -0.4 is 5.43 Å². The van der Waals surface area contributed by atoms with Gasteiger partial charge >= 0.3 is 6.18 Å². The van der Waals surface area contributed by atoms with Crippen LogP contribution in [0, 0.1) is 6.92 Å². The van der Waals surface area contributed by atoms with Crippen LogP contribution in [0.2, 0.25) is 0 Å². The number of hydrogen-bond acceptors (Lipinski definition) is 5. The van der Waals surface area contributed by atoms with Crippen molar-refractivity contribution in [3.63, 3.8) is 0 Å². The van der Waals surface area contributed by atoms with Gasteiger partial charge in [-0.1, -0.05) is 0 Å². The van der Waals surface area contributed by atoms with Crippen molar-refractivity contribution in [3.05, 3.63) is 58.3 Å². The molecule has 7 nitrogen and oxygen atoms in total. The van der Waals surface area contributed by atoms with E-state index in [-0.39, 0.29) is 33.8 Å². The van der Waals surface area contributed by atoms with Crippen molar-refractivity contribution in [1.29, 1.82) is 0 Å². The van der Waals surface area contributed by atoms with Gasteiger partial charge in [-0.15, -0.1) is 0 Å². The first-order valence-electron chi connectivity index (χ1n) is 8.18. The molecule has 4 rings (SSSR count). The fraction of sp³-hybridized carbons (Fsp3) is 0.167. The van der Waals surface area contributed by atoms with Crippen LogP contribution in [0.15, 0.2) is 41.5 Å². The van der Waals surface area contributed by atoms with Crippen LogP contribution >= 0.6 is 0 Å². The molecule has 1 N–H and O–H groups in total. The highest BCUT2D eigenvalue weighted by molar-refractivity contribution is 5.83. The number of aromatic amines is 1. The summed E-state index contributed by atoms with van der Waals surface area (Å²) in [5, 5.41) is 4.27. The molecule has 28 heavy (non-hydrogen) atoms. The summed E-state index contributed by atoms with van der Waals surface area (Å²) in [4.78, 5) is 27.3. The molecular formula is C18H13F3N6O. The number of alkyl halides is 3. The van der Waals surface area contributed by atoms with Gasteiger partial charge in [0.2, 0.25) is 5.43 Å². The maximum Gasteiger partial charge on any atom is 0.433 e. The zero-order chi connectivity index (χ0) is 20.1. The van der Waals surface area contributed by atoms with Crippen molar-refractivity contribution in [1.82, 2.24) is 29.7 Å². The van der Waals surface area contributed by atoms with E-state index in [4.69, 9.17) is 0 Å². The Labute approximate surface area is 155 Å². The lowest BCUT2D eigenvalue weighted by molar-refractivity contribution is -0.141. The number of nitrogens with zero attached hydrogens (tertiary/aromatic N) is 5. The topological polar surface area (TPSA) is 89.4 Å². The normalized spacial score (nSPS) is 11.9. The highest BCUT2D eigenvalue weighted by Crippen LogP contribution is 2.34. The van der Waals surface area contributed by atoms with Crippen molar-refractivity contribution in [3.8, 4) is 22.6 Å². The summed E-state index contributed by atoms with van der Waals surface area (Å²) >= 11 is 0. The van der Waals surface area contributed by atoms with Crippen LogP contribution in [0.5, 0.6) is 0 Å². The summed E-state index contributed by atoms with van der Waals surface area (Å²) in [6, 6.07) is 5.31. The second-order valence-electron chi connectivity index (χ2n) is 6.21. The average molecular weight is 386 g/mol. The van der Waals surface area contributed by atoms with E-state index < -0.39 is 17.3 Å². The lowest BCUT2D eigenvalue weighted by Gasteiger charge is -2.12. The summed E-state index contributed by atoms with van der Waals surface area (Å²) in [5.41, 5.74) is -0.0693. The molecule has 4 aromatic heterocycles. The molecule has 0 aliphatic carbocycles. The smallest absolute Gasteiger partial charge is 0.345 e. The van der Waals surface area contributed by atoms with Gasteiger partial charge in [-0.05, 0) is 25.1 Å². The first kappa shape index (κ1) is 17.8. The van der Waals surface area contributed by atoms with Crippen LogP contribution in [0.4, 0.5) is 13.2 Å². The van der Waals surface area contributed by atoms with Crippen molar-refractivity contribution in [2.45, 2.75) is 13.1 Å². The van der Waals surface area contributed by atoms with Gasteiger partial charge in [0.25, 0.3) is 0 Å². The predicted molar refractivity (Wildman–Crippen MR) is 95.3 cm³/mol. The van der Waals surface area contributed by atoms with E-state index in [2.05, 4.69) is 25.0 Å². The Morgan fingerprint density at radius 3 is 2.54 bits per heavy atom. The Morgan fingerprint density at radius 1 is 1.07 bits per heavy atom. The summed E-state index contributed by atoms with van der Waals surface area (Å²) < 4.78 is 41.3. The number of aromatic nitrogens is 6. The second-order valence-corrected chi connectivity index (χ2v) is 6.21. The standard InChI is InChI=1S/C18H13F3N6O/c1-9-7-10(8-13(23-9)18(19,20)21)14-15(11-4-6-27(2)26-11)25-17-16(24-14)12(28)3-5-22-17/h3-8H,1-2H3,(H,22,25,28). The zero-order valence-corrected chi connectivity index (χ0v) is 14.7. The summed E-state index contributed by atoms with van der Waals surface area (Å²) in [5.74, 6) is 0. The van der Waals surface area contributed by atoms with Crippen LogP contribution in [0.1, 0.15) is 11.4 Å². The number of fused-ring (bicyclic) bond motifs is 1. The van der Waals surface area contributed by atoms with E-state index in [1.807, 2.05) is 0 Å². The van der Waals surface area contributed by atoms with Gasteiger partial charge in [-0.2, -0.15) is 18.3 Å². The molecule has 4 aromatic rings. The van der Waals surface area contributed by atoms with E-state index in [0.717, 1.165) is 6.07 Å². The zero-order valence-electron chi connectivity index (χ0n) is 14.7. The first-order valence-corrected chi connectivity index (χ1v) is 8.18. The Morgan fingerprint density at radius 2 is 1.86 bits per heavy atom. The Hall–Kier alpha value is -3.56. The minimum atomic E-state index is -4.62. The fourth-order valence-corrected chi connectivity index (χ4v) is 2.85. The molecule has 0 spiro atoms. The molecule has 0 aliphatic heterocycles. The van der Waals surface area contributed by atoms with Crippen LogP contribution in [0.25, 0.3) is 33.8 Å². The summed E-state index contributed by atoms with van der Waals surface area (Å²) in [6.07, 6.45) is -1.51. The highest BCUT2D eigenvalue weighted by atomic mass is 19.4. The Kier molecular flexibility index (Phi) is 3.98. The molecule has 0 bridgehead atoms. The molecule has 0 saturated heterocycles. The van der Waals surface area contributed by atoms with E-state index in [1.54, 1.807) is 19.3 Å². The Balaban J connectivity index is 2.06. The number of halogens is 3. The largest absolute Gasteiger partial charge is 0.433 e. The maximum atomic E-state index is 13.2. The predicted octanol–water partition coefficient (Wildman–Crippen LogP) is 3.11. The average Bonchev–Trinajstić information content (AvgIpc) is 3.06. The molecule has 0 saturated carbocycles. The molecule has 0 unspecified atom stereocenters. The van der Waals surface area contributed by atoms with Gasteiger partial charge in [-0.3, -0.25) is 9.48 Å². The van der Waals surface area contributed by atoms with E-state index in [0.29, 0.717) is 5.69 Å². The first-order chi connectivity index (χ1) is 13.2. The number of hydrogen-bond donors (Lipinski definition) is 1. The van der Waals surface area contributed by atoms with Crippen LogP contribution in [0.3, 0.4) is 0 Å². The van der Waals surface area contributed by atoms with Gasteiger partial charge in [-0.25, -0.2) is 15.0 Å². The number of aryl methyl sites for hydroxylation is 2. The van der Waals surface area contributed by atoms with Gasteiger partial charge in [0, 0.05) is 36.8 Å². The molecule has 142 valence electrons. The summed E-state index contributed by atoms with van der Waals surface area (Å²) in [7, 11) is 1.71. The highest BCUT2D eigenvalue weighted by Gasteiger charge is 2.33. The van der Waals surface area contributed by atoms with E-state index in [1.165, 1.54) is 29.9 Å². The third-order valence-electron chi connectivity index (χ3n) is 4.06. The third kappa shape index (κ3) is 3.13. The molecule has 0 aromatic carbocycles. The van der Waals surface area contributed by atoms with Crippen molar-refractivity contribution in [2.24, 2.45) is 7.05 Å². The molecule has 0 radical (unpaired) electrons. The number of pyridine rings is 2. The molecule has 4 heterocycles.